The molecular formula is C71H114. The summed E-state index contributed by atoms with van der Waals surface area (Å²) in [5.74, 6) is 27.9. The van der Waals surface area contributed by atoms with E-state index in [4.69, 9.17) is 0 Å². The molecule has 0 aromatic rings. The molecule has 14 saturated carbocycles. The van der Waals surface area contributed by atoms with Gasteiger partial charge in [0.05, 0.1) is 0 Å². The molecule has 0 aromatic heterocycles. The van der Waals surface area contributed by atoms with E-state index in [0.29, 0.717) is 0 Å². The summed E-state index contributed by atoms with van der Waals surface area (Å²) in [7, 11) is 0. The molecule has 0 aliphatic heterocycles. The standard InChI is InChI=1S/2C11H16.4C10H16.C8H14.CH4/c2*1-7-5-8-6-11(7)10-4-2-3-9(8)10;2*1-3-9-5-8-4-7(2)10(9)6-8;2*1-3-8-5-9-6-10(8)4-7(9)2;1-6-4-7-2-3-8(6)5-7;/h2,4,7-11H,3,5-6H2,1H3;2-3,7-11H,4-6H2,1H3;3,7-8,10H,4-6H2,1-2H3;3,7-10H,1,4-6H2,2H3;3,7,9-10H,4-6H2,1-2H3;3,7-10H,1,4-6H2,2H3;6-8H,2-5H2,1H3;1H4/b;;9-3+;;8-3+;;;. The first-order chi connectivity index (χ1) is 33.8. The third-order valence-electron chi connectivity index (χ3n) is 25.6. The molecule has 0 amide bonds. The molecule has 14 bridgehead atoms. The van der Waals surface area contributed by atoms with Gasteiger partial charge < -0.3 is 0 Å². The molecular weight excluding hydrogens is 853 g/mol. The normalized spacial score (nSPS) is 52.5. The third-order valence-corrected chi connectivity index (χ3v) is 25.6. The average Bonchev–Trinajstić information content (AvgIpc) is 4.16. The van der Waals surface area contributed by atoms with Crippen LogP contribution in [0.15, 0.2) is 72.9 Å². The Bertz CT molecular complexity index is 1880. The number of allylic oxidation sites excluding steroid dienone is 10. The fraction of sp³-hybridized carbons (Fsp3) is 0.831. The van der Waals surface area contributed by atoms with Crippen molar-refractivity contribution in [1.29, 1.82) is 0 Å². The van der Waals surface area contributed by atoms with Gasteiger partial charge in [-0.3, -0.25) is 0 Å². The van der Waals surface area contributed by atoms with Crippen LogP contribution in [-0.2, 0) is 0 Å². The molecule has 0 N–H and O–H groups in total. The molecule has 398 valence electrons. The van der Waals surface area contributed by atoms with Crippen LogP contribution >= 0.6 is 0 Å². The molecule has 27 atom stereocenters. The Morgan fingerprint density at radius 1 is 0.394 bits per heavy atom. The lowest BCUT2D eigenvalue weighted by Gasteiger charge is -2.28. The molecule has 0 aromatic carbocycles. The minimum absolute atomic E-state index is 0. The first-order valence-electron chi connectivity index (χ1n) is 31.7. The van der Waals surface area contributed by atoms with E-state index in [2.05, 4.69) is 124 Å². The zero-order valence-electron chi connectivity index (χ0n) is 47.2. The summed E-state index contributed by atoms with van der Waals surface area (Å²) < 4.78 is 0. The second-order valence-electron chi connectivity index (χ2n) is 29.4. The van der Waals surface area contributed by atoms with Gasteiger partial charge in [-0.1, -0.05) is 122 Å². The van der Waals surface area contributed by atoms with Crippen molar-refractivity contribution in [1.82, 2.24) is 0 Å². The number of fused-ring (bicyclic) bond motifs is 20. The minimum atomic E-state index is 0. The zero-order valence-corrected chi connectivity index (χ0v) is 47.2. The van der Waals surface area contributed by atoms with E-state index >= 15 is 0 Å². The van der Waals surface area contributed by atoms with E-state index in [1.54, 1.807) is 49.7 Å². The van der Waals surface area contributed by atoms with Gasteiger partial charge >= 0.3 is 0 Å². The average molecular weight is 968 g/mol. The van der Waals surface area contributed by atoms with Crippen molar-refractivity contribution in [2.75, 3.05) is 0 Å². The van der Waals surface area contributed by atoms with Crippen molar-refractivity contribution >= 4 is 0 Å². The van der Waals surface area contributed by atoms with Crippen LogP contribution in [0, 0.1) is 160 Å². The quantitative estimate of drug-likeness (QED) is 0.242. The van der Waals surface area contributed by atoms with Gasteiger partial charge in [0.2, 0.25) is 0 Å². The van der Waals surface area contributed by atoms with E-state index in [1.807, 2.05) is 0 Å². The van der Waals surface area contributed by atoms with Crippen molar-refractivity contribution in [3.63, 3.8) is 0 Å². The van der Waals surface area contributed by atoms with Crippen LogP contribution in [0.3, 0.4) is 0 Å². The van der Waals surface area contributed by atoms with E-state index in [1.165, 1.54) is 103 Å². The SMILES string of the molecule is C.C/C=C1\CC2CC(C)C1C2.C/C=C1\CC2CC1CC2C.C=CC1CC2CC(C)C1C2.C=CC1CC2CC1CC2C.CC1CC2CC1C1C=CCC21.CC1CC2CC1C1CC=CC21.CC1CC2CCC1C2. The molecule has 27 unspecified atom stereocenters. The highest BCUT2D eigenvalue weighted by atomic mass is 14.6. The second kappa shape index (κ2) is 23.4. The maximum Gasteiger partial charge on any atom is -0.0169 e. The molecule has 0 saturated heterocycles. The summed E-state index contributed by atoms with van der Waals surface area (Å²) in [5.41, 5.74) is 3.51. The van der Waals surface area contributed by atoms with Crippen LogP contribution in [0.2, 0.25) is 0 Å². The molecule has 16 aliphatic carbocycles. The molecule has 16 rings (SSSR count). The van der Waals surface area contributed by atoms with Crippen molar-refractivity contribution in [2.45, 2.75) is 211 Å². The van der Waals surface area contributed by atoms with Crippen LogP contribution in [0.4, 0.5) is 0 Å². The van der Waals surface area contributed by atoms with Gasteiger partial charge in [0.25, 0.3) is 0 Å². The molecule has 0 heteroatoms. The van der Waals surface area contributed by atoms with Gasteiger partial charge in [0.1, 0.15) is 0 Å². The summed E-state index contributed by atoms with van der Waals surface area (Å²) in [6, 6.07) is 0. The summed E-state index contributed by atoms with van der Waals surface area (Å²) >= 11 is 0. The Hall–Kier alpha value is -1.56. The van der Waals surface area contributed by atoms with Crippen LogP contribution in [0.1, 0.15) is 211 Å². The van der Waals surface area contributed by atoms with Gasteiger partial charge in [-0.05, 0) is 308 Å². The van der Waals surface area contributed by atoms with Gasteiger partial charge in [0.15, 0.2) is 0 Å². The fourth-order valence-electron chi connectivity index (χ4n) is 21.9. The van der Waals surface area contributed by atoms with Gasteiger partial charge in [-0.15, -0.1) is 13.2 Å². The monoisotopic (exact) mass is 967 g/mol. The zero-order chi connectivity index (χ0) is 49.0. The molecule has 14 fully saturated rings. The highest BCUT2D eigenvalue weighted by Gasteiger charge is 2.52. The molecule has 0 radical (unpaired) electrons. The Labute approximate surface area is 441 Å². The molecule has 0 heterocycles. The smallest absolute Gasteiger partial charge is 0.0169 e. The molecule has 16 aliphatic rings. The first-order valence-corrected chi connectivity index (χ1v) is 31.7. The van der Waals surface area contributed by atoms with Crippen LogP contribution in [0.25, 0.3) is 0 Å². The van der Waals surface area contributed by atoms with Crippen LogP contribution < -0.4 is 0 Å². The van der Waals surface area contributed by atoms with E-state index in [0.717, 1.165) is 160 Å². The summed E-state index contributed by atoms with van der Waals surface area (Å²) in [4.78, 5) is 0. The third kappa shape index (κ3) is 11.3. The summed E-state index contributed by atoms with van der Waals surface area (Å²) in [6.07, 6.45) is 51.8. The van der Waals surface area contributed by atoms with E-state index in [9.17, 15) is 0 Å². The lowest BCUT2D eigenvalue weighted by molar-refractivity contribution is 0.219. The van der Waals surface area contributed by atoms with Crippen LogP contribution in [-0.4, -0.2) is 0 Å². The second-order valence-corrected chi connectivity index (χ2v) is 29.4. The number of hydrogen-bond acceptors (Lipinski definition) is 0. The van der Waals surface area contributed by atoms with E-state index < -0.39 is 0 Å². The maximum absolute atomic E-state index is 3.90. The summed E-state index contributed by atoms with van der Waals surface area (Å²) in [6.45, 7) is 29.1. The Morgan fingerprint density at radius 2 is 1.03 bits per heavy atom. The highest BCUT2D eigenvalue weighted by molar-refractivity contribution is 5.19. The Kier molecular flexibility index (Phi) is 17.8. The summed E-state index contributed by atoms with van der Waals surface area (Å²) in [5, 5.41) is 0. The topological polar surface area (TPSA) is 0 Å². The number of hydrogen-bond donors (Lipinski definition) is 0. The lowest BCUT2D eigenvalue weighted by atomic mass is 9.76. The van der Waals surface area contributed by atoms with Crippen molar-refractivity contribution < 1.29 is 0 Å². The predicted molar refractivity (Wildman–Crippen MR) is 308 cm³/mol. The van der Waals surface area contributed by atoms with Crippen LogP contribution in [0.5, 0.6) is 0 Å². The lowest BCUT2D eigenvalue weighted by Crippen LogP contribution is -2.22. The Balaban J connectivity index is 0.000000103. The fourth-order valence-corrected chi connectivity index (χ4v) is 21.9. The van der Waals surface area contributed by atoms with Crippen molar-refractivity contribution in [3.05, 3.63) is 72.9 Å². The first kappa shape index (κ1) is 54.2. The minimum Gasteiger partial charge on any atom is -0.103 e. The molecule has 0 nitrogen and oxygen atoms in total. The van der Waals surface area contributed by atoms with Gasteiger partial charge in [-0.2, -0.15) is 0 Å². The van der Waals surface area contributed by atoms with Crippen molar-refractivity contribution in [3.8, 4) is 0 Å². The molecule has 0 spiro atoms. The Morgan fingerprint density at radius 3 is 1.55 bits per heavy atom. The highest BCUT2D eigenvalue weighted by Crippen LogP contribution is 2.60. The predicted octanol–water partition coefficient (Wildman–Crippen LogP) is 20.5. The maximum atomic E-state index is 3.90. The van der Waals surface area contributed by atoms with Crippen molar-refractivity contribution in [2.24, 2.45) is 160 Å². The number of rotatable bonds is 2. The largest absolute Gasteiger partial charge is 0.103 e. The van der Waals surface area contributed by atoms with Gasteiger partial charge in [0, 0.05) is 0 Å². The molecule has 71 heavy (non-hydrogen) atoms. The van der Waals surface area contributed by atoms with E-state index in [-0.39, 0.29) is 7.43 Å². The van der Waals surface area contributed by atoms with Gasteiger partial charge in [-0.25, -0.2) is 0 Å².